The summed E-state index contributed by atoms with van der Waals surface area (Å²) in [6.07, 6.45) is -3.47. The van der Waals surface area contributed by atoms with Gasteiger partial charge in [-0.15, -0.1) is 0 Å². The second kappa shape index (κ2) is 5.51. The SMILES string of the molecule is CCOC(=O)Cc1cc(C(F)F)nc(F)c1O. The van der Waals surface area contributed by atoms with Gasteiger partial charge in [0.2, 0.25) is 0 Å². The first-order chi connectivity index (χ1) is 7.95. The van der Waals surface area contributed by atoms with Crippen LogP contribution in [0.15, 0.2) is 6.07 Å². The van der Waals surface area contributed by atoms with Crippen molar-refractivity contribution in [3.05, 3.63) is 23.3 Å². The molecule has 4 nitrogen and oxygen atoms in total. The zero-order chi connectivity index (χ0) is 13.0. The number of ether oxygens (including phenoxy) is 1. The Balaban J connectivity index is 3.01. The van der Waals surface area contributed by atoms with Gasteiger partial charge in [0.1, 0.15) is 5.69 Å². The lowest BCUT2D eigenvalue weighted by Crippen LogP contribution is -2.09. The standard InChI is InChI=1S/C10H10F3NO3/c1-2-17-7(15)4-5-3-6(9(11)12)14-10(13)8(5)16/h3,9,16H,2,4H2,1H3. The molecule has 0 saturated heterocycles. The van der Waals surface area contributed by atoms with Gasteiger partial charge in [-0.3, -0.25) is 4.79 Å². The third-order valence-corrected chi connectivity index (χ3v) is 1.91. The number of nitrogens with zero attached hydrogens (tertiary/aromatic N) is 1. The van der Waals surface area contributed by atoms with Crippen molar-refractivity contribution >= 4 is 5.97 Å². The summed E-state index contributed by atoms with van der Waals surface area (Å²) in [7, 11) is 0. The maximum atomic E-state index is 13.0. The van der Waals surface area contributed by atoms with Crippen molar-refractivity contribution in [1.29, 1.82) is 0 Å². The van der Waals surface area contributed by atoms with Crippen LogP contribution in [-0.4, -0.2) is 22.7 Å². The molecule has 17 heavy (non-hydrogen) atoms. The molecule has 94 valence electrons. The molecule has 0 spiro atoms. The number of aromatic nitrogens is 1. The van der Waals surface area contributed by atoms with Crippen LogP contribution in [0, 0.1) is 5.95 Å². The van der Waals surface area contributed by atoms with Crippen LogP contribution in [0.4, 0.5) is 13.2 Å². The van der Waals surface area contributed by atoms with Gasteiger partial charge in [-0.2, -0.15) is 4.39 Å². The fourth-order valence-corrected chi connectivity index (χ4v) is 1.19. The second-order valence-electron chi connectivity index (χ2n) is 3.13. The van der Waals surface area contributed by atoms with Gasteiger partial charge in [-0.25, -0.2) is 13.8 Å². The number of alkyl halides is 2. The first kappa shape index (κ1) is 13.3. The maximum Gasteiger partial charge on any atom is 0.310 e. The zero-order valence-corrected chi connectivity index (χ0v) is 8.91. The van der Waals surface area contributed by atoms with Crippen LogP contribution in [0.1, 0.15) is 24.6 Å². The van der Waals surface area contributed by atoms with Crippen molar-refractivity contribution in [2.45, 2.75) is 19.8 Å². The predicted molar refractivity (Wildman–Crippen MR) is 51.2 cm³/mol. The summed E-state index contributed by atoms with van der Waals surface area (Å²) in [6.45, 7) is 1.67. The number of hydrogen-bond donors (Lipinski definition) is 1. The minimum absolute atomic E-state index is 0.106. The maximum absolute atomic E-state index is 13.0. The third kappa shape index (κ3) is 3.33. The number of pyridine rings is 1. The largest absolute Gasteiger partial charge is 0.503 e. The predicted octanol–water partition coefficient (Wildman–Crippen LogP) is 1.97. The fraction of sp³-hybridized carbons (Fsp3) is 0.400. The molecule has 1 aromatic heterocycles. The smallest absolute Gasteiger partial charge is 0.310 e. The molecule has 0 bridgehead atoms. The van der Waals surface area contributed by atoms with Gasteiger partial charge in [0.15, 0.2) is 5.75 Å². The van der Waals surface area contributed by atoms with Crippen LogP contribution >= 0.6 is 0 Å². The molecule has 1 rings (SSSR count). The molecule has 0 aromatic carbocycles. The first-order valence-electron chi connectivity index (χ1n) is 4.77. The minimum Gasteiger partial charge on any atom is -0.503 e. The van der Waals surface area contributed by atoms with E-state index in [0.29, 0.717) is 0 Å². The van der Waals surface area contributed by atoms with Gasteiger partial charge in [0, 0.05) is 5.56 Å². The van der Waals surface area contributed by atoms with Crippen molar-refractivity contribution in [1.82, 2.24) is 4.98 Å². The van der Waals surface area contributed by atoms with Crippen molar-refractivity contribution < 1.29 is 27.8 Å². The molecular weight excluding hydrogens is 239 g/mol. The number of carbonyl (C=O) groups is 1. The minimum atomic E-state index is -2.98. The summed E-state index contributed by atoms with van der Waals surface area (Å²) in [6, 6.07) is 0.778. The Kier molecular flexibility index (Phi) is 4.30. The molecule has 0 aliphatic rings. The number of rotatable bonds is 4. The monoisotopic (exact) mass is 249 g/mol. The first-order valence-corrected chi connectivity index (χ1v) is 4.77. The fourth-order valence-electron chi connectivity index (χ4n) is 1.19. The quantitative estimate of drug-likeness (QED) is 0.654. The Morgan fingerprint density at radius 3 is 2.76 bits per heavy atom. The lowest BCUT2D eigenvalue weighted by atomic mass is 10.1. The third-order valence-electron chi connectivity index (χ3n) is 1.91. The van der Waals surface area contributed by atoms with E-state index in [2.05, 4.69) is 9.72 Å². The lowest BCUT2D eigenvalue weighted by molar-refractivity contribution is -0.142. The van der Waals surface area contributed by atoms with Crippen molar-refractivity contribution in [2.24, 2.45) is 0 Å². The highest BCUT2D eigenvalue weighted by atomic mass is 19.3. The van der Waals surface area contributed by atoms with Crippen LogP contribution in [0.25, 0.3) is 0 Å². The normalized spacial score (nSPS) is 10.6. The van der Waals surface area contributed by atoms with Crippen LogP contribution in [0.2, 0.25) is 0 Å². The Morgan fingerprint density at radius 2 is 2.24 bits per heavy atom. The number of hydrogen-bond acceptors (Lipinski definition) is 4. The molecule has 0 saturated carbocycles. The van der Waals surface area contributed by atoms with E-state index in [-0.39, 0.29) is 12.2 Å². The highest BCUT2D eigenvalue weighted by Gasteiger charge is 2.19. The van der Waals surface area contributed by atoms with Gasteiger partial charge >= 0.3 is 5.97 Å². The number of halogens is 3. The van der Waals surface area contributed by atoms with Gasteiger partial charge in [-0.1, -0.05) is 0 Å². The average molecular weight is 249 g/mol. The molecule has 0 fully saturated rings. The van der Waals surface area contributed by atoms with Crippen molar-refractivity contribution in [3.8, 4) is 5.75 Å². The van der Waals surface area contributed by atoms with E-state index in [0.717, 1.165) is 6.07 Å². The van der Waals surface area contributed by atoms with E-state index in [9.17, 15) is 23.1 Å². The van der Waals surface area contributed by atoms with E-state index >= 15 is 0 Å². The second-order valence-corrected chi connectivity index (χ2v) is 3.13. The Hall–Kier alpha value is -1.79. The lowest BCUT2D eigenvalue weighted by Gasteiger charge is -2.07. The molecule has 0 atom stereocenters. The summed E-state index contributed by atoms with van der Waals surface area (Å²) >= 11 is 0. The number of esters is 1. The average Bonchev–Trinajstić information content (AvgIpc) is 2.24. The summed E-state index contributed by atoms with van der Waals surface area (Å²) in [5.74, 6) is -3.09. The van der Waals surface area contributed by atoms with Crippen LogP contribution in [-0.2, 0) is 16.0 Å². The molecule has 0 amide bonds. The van der Waals surface area contributed by atoms with Gasteiger partial charge < -0.3 is 9.84 Å². The van der Waals surface area contributed by atoms with E-state index in [1.54, 1.807) is 6.92 Å². The highest BCUT2D eigenvalue weighted by Crippen LogP contribution is 2.26. The van der Waals surface area contributed by atoms with Crippen LogP contribution in [0.5, 0.6) is 5.75 Å². The molecule has 1 aromatic rings. The van der Waals surface area contributed by atoms with Crippen LogP contribution in [0.3, 0.4) is 0 Å². The molecule has 0 aliphatic carbocycles. The molecule has 0 radical (unpaired) electrons. The van der Waals surface area contributed by atoms with Crippen LogP contribution < -0.4 is 0 Å². The summed E-state index contributed by atoms with van der Waals surface area (Å²) in [5, 5.41) is 9.23. The van der Waals surface area contributed by atoms with Gasteiger partial charge in [0.05, 0.1) is 13.0 Å². The summed E-state index contributed by atoms with van der Waals surface area (Å²) in [5.41, 5.74) is -1.11. The molecule has 0 unspecified atom stereocenters. The van der Waals surface area contributed by atoms with E-state index in [1.165, 1.54) is 0 Å². The van der Waals surface area contributed by atoms with E-state index in [4.69, 9.17) is 0 Å². The zero-order valence-electron chi connectivity index (χ0n) is 8.91. The van der Waals surface area contributed by atoms with Crippen molar-refractivity contribution in [3.63, 3.8) is 0 Å². The van der Waals surface area contributed by atoms with Gasteiger partial charge in [0.25, 0.3) is 12.4 Å². The Bertz CT molecular complexity index is 424. The molecular formula is C10H10F3NO3. The van der Waals surface area contributed by atoms with E-state index < -0.39 is 36.2 Å². The molecule has 1 heterocycles. The summed E-state index contributed by atoms with van der Waals surface area (Å²) < 4.78 is 42.2. The molecule has 7 heteroatoms. The molecule has 1 N–H and O–H groups in total. The molecule has 0 aliphatic heterocycles. The number of aromatic hydroxyl groups is 1. The van der Waals surface area contributed by atoms with Crippen molar-refractivity contribution in [2.75, 3.05) is 6.61 Å². The van der Waals surface area contributed by atoms with E-state index in [1.807, 2.05) is 0 Å². The topological polar surface area (TPSA) is 59.4 Å². The van der Waals surface area contributed by atoms with Gasteiger partial charge in [-0.05, 0) is 13.0 Å². The number of carbonyl (C=O) groups excluding carboxylic acids is 1. The summed E-state index contributed by atoms with van der Waals surface area (Å²) in [4.78, 5) is 14.0. The highest BCUT2D eigenvalue weighted by molar-refractivity contribution is 5.73. The Labute approximate surface area is 95.0 Å². The Morgan fingerprint density at radius 1 is 1.59 bits per heavy atom.